The van der Waals surface area contributed by atoms with E-state index >= 15 is 0 Å². The summed E-state index contributed by atoms with van der Waals surface area (Å²) in [7, 11) is 0. The Balaban J connectivity index is 2.51. The largest absolute Gasteiger partial charge is 0.481 e. The normalized spacial score (nSPS) is 10.9. The number of carboxylic acids is 1. The molecule has 0 radical (unpaired) electrons. The van der Waals surface area contributed by atoms with Crippen molar-refractivity contribution < 1.29 is 18.3 Å². The molecule has 168 valence electrons. The molecular weight excluding hydrogens is 444 g/mol. The summed E-state index contributed by atoms with van der Waals surface area (Å²) >= 11 is 2.25. The Hall–Kier alpha value is -2.49. The summed E-state index contributed by atoms with van der Waals surface area (Å²) in [5, 5.41) is 28.7. The van der Waals surface area contributed by atoms with Crippen LogP contribution in [0.15, 0.2) is 40.1 Å². The molecule has 0 atom stereocenters. The van der Waals surface area contributed by atoms with Crippen molar-refractivity contribution in [3.8, 4) is 23.3 Å². The Bertz CT molecular complexity index is 1020. The van der Waals surface area contributed by atoms with E-state index in [1.807, 2.05) is 52.0 Å². The second-order valence-corrected chi connectivity index (χ2v) is 9.19. The van der Waals surface area contributed by atoms with Crippen molar-refractivity contribution in [1.29, 1.82) is 10.5 Å². The first-order valence-corrected chi connectivity index (χ1v) is 11.7. The first-order chi connectivity index (χ1) is 15.3. The van der Waals surface area contributed by atoms with Crippen LogP contribution in [0.5, 0.6) is 0 Å². The number of benzene rings is 2. The Morgan fingerprint density at radius 1 is 1.03 bits per heavy atom. The van der Waals surface area contributed by atoms with Gasteiger partial charge in [0, 0.05) is 36.1 Å². The predicted molar refractivity (Wildman–Crippen MR) is 126 cm³/mol. The molecule has 6 nitrogen and oxygen atoms in total. The molecule has 0 amide bonds. The highest BCUT2D eigenvalue weighted by Crippen LogP contribution is 2.42. The van der Waals surface area contributed by atoms with E-state index in [0.717, 1.165) is 35.2 Å². The van der Waals surface area contributed by atoms with Gasteiger partial charge in [-0.25, -0.2) is 0 Å². The minimum atomic E-state index is -0.813. The number of hydrogen-bond acceptors (Lipinski definition) is 7. The number of rotatable bonds is 11. The van der Waals surface area contributed by atoms with E-state index in [4.69, 9.17) is 13.5 Å². The molecular formula is C24H26N2O4S2. The predicted octanol–water partition coefficient (Wildman–Crippen LogP) is 6.37. The summed E-state index contributed by atoms with van der Waals surface area (Å²) in [6, 6.07) is 13.7. The molecule has 0 bridgehead atoms. The average molecular weight is 471 g/mol. The van der Waals surface area contributed by atoms with Crippen LogP contribution in [0.25, 0.3) is 11.1 Å². The Kier molecular flexibility index (Phi) is 10.1. The van der Waals surface area contributed by atoms with Gasteiger partial charge in [-0.15, -0.1) is 0 Å². The Labute approximate surface area is 198 Å². The van der Waals surface area contributed by atoms with Crippen molar-refractivity contribution in [2.24, 2.45) is 0 Å². The Morgan fingerprint density at radius 3 is 2.19 bits per heavy atom. The second-order valence-electron chi connectivity index (χ2n) is 7.63. The van der Waals surface area contributed by atoms with Gasteiger partial charge in [0.1, 0.15) is 6.07 Å². The molecule has 0 saturated carbocycles. The van der Waals surface area contributed by atoms with Gasteiger partial charge >= 0.3 is 5.97 Å². The van der Waals surface area contributed by atoms with Gasteiger partial charge in [-0.2, -0.15) is 10.5 Å². The maximum atomic E-state index is 10.7. The van der Waals surface area contributed by atoms with Gasteiger partial charge in [-0.05, 0) is 57.7 Å². The topological polar surface area (TPSA) is 103 Å². The molecule has 0 heterocycles. The van der Waals surface area contributed by atoms with Crippen molar-refractivity contribution in [3.63, 3.8) is 0 Å². The number of carbonyl (C=O) groups is 1. The average Bonchev–Trinajstić information content (AvgIpc) is 2.75. The van der Waals surface area contributed by atoms with Gasteiger partial charge in [-0.3, -0.25) is 4.79 Å². The minimum absolute atomic E-state index is 0.0340. The second kappa shape index (κ2) is 12.5. The van der Waals surface area contributed by atoms with Crippen LogP contribution in [0.4, 0.5) is 0 Å². The van der Waals surface area contributed by atoms with E-state index in [9.17, 15) is 15.3 Å². The zero-order valence-electron chi connectivity index (χ0n) is 18.5. The lowest BCUT2D eigenvalue weighted by Gasteiger charge is -2.17. The maximum absolute atomic E-state index is 10.7. The molecule has 2 aromatic rings. The van der Waals surface area contributed by atoms with Gasteiger partial charge < -0.3 is 13.5 Å². The van der Waals surface area contributed by atoms with E-state index < -0.39 is 5.97 Å². The number of carboxylic acid groups (broad SMARTS) is 1. The van der Waals surface area contributed by atoms with Crippen molar-refractivity contribution >= 4 is 30.1 Å². The van der Waals surface area contributed by atoms with Gasteiger partial charge in [0.25, 0.3) is 0 Å². The number of nitriles is 2. The molecule has 1 N–H and O–H groups in total. The van der Waals surface area contributed by atoms with Crippen molar-refractivity contribution in [1.82, 2.24) is 0 Å². The lowest BCUT2D eigenvalue weighted by atomic mass is 9.94. The summed E-state index contributed by atoms with van der Waals surface area (Å²) < 4.78 is 11.4. The molecule has 0 saturated heterocycles. The number of hydrogen-bond donors (Lipinski definition) is 1. The van der Waals surface area contributed by atoms with Crippen LogP contribution in [-0.2, 0) is 19.6 Å². The lowest BCUT2D eigenvalue weighted by molar-refractivity contribution is -0.137. The molecule has 0 aromatic heterocycles. The molecule has 0 unspecified atom stereocenters. The first-order valence-electron chi connectivity index (χ1n) is 10.3. The molecule has 2 aromatic carbocycles. The zero-order valence-corrected chi connectivity index (χ0v) is 20.2. The fraction of sp³-hybridized carbons (Fsp3) is 0.375. The fourth-order valence-electron chi connectivity index (χ4n) is 2.85. The standard InChI is InChI=1S/C24H26N2O4S2/c1-15(2)29-31-21-12-19(13-25)23(20(14-26)24(21)32-30-16(3)4)18-10-8-17(9-11-18)6-5-7-22(27)28/h8-12,15-16H,5-7H2,1-4H3,(H,27,28). The van der Waals surface area contributed by atoms with Crippen LogP contribution in [0, 0.1) is 22.7 Å². The zero-order chi connectivity index (χ0) is 23.7. The SMILES string of the molecule is CC(C)OSc1cc(C#N)c(-c2ccc(CCCC(=O)O)cc2)c(C#N)c1SOC(C)C. The van der Waals surface area contributed by atoms with Gasteiger partial charge in [0.05, 0.1) is 39.2 Å². The van der Waals surface area contributed by atoms with Crippen molar-refractivity contribution in [2.75, 3.05) is 0 Å². The van der Waals surface area contributed by atoms with Gasteiger partial charge in [0.15, 0.2) is 0 Å². The highest BCUT2D eigenvalue weighted by atomic mass is 32.2. The first kappa shape index (κ1) is 25.8. The molecule has 2 rings (SSSR count). The van der Waals surface area contributed by atoms with Crippen LogP contribution in [0.3, 0.4) is 0 Å². The van der Waals surface area contributed by atoms with E-state index in [1.165, 1.54) is 0 Å². The minimum Gasteiger partial charge on any atom is -0.481 e. The molecule has 8 heteroatoms. The number of aryl methyl sites for hydroxylation is 1. The molecule has 0 aliphatic heterocycles. The summed E-state index contributed by atoms with van der Waals surface area (Å²) in [6.07, 6.45) is 1.23. The number of nitrogens with zero attached hydrogens (tertiary/aromatic N) is 2. The maximum Gasteiger partial charge on any atom is 0.303 e. The highest BCUT2D eigenvalue weighted by Gasteiger charge is 2.22. The quantitative estimate of drug-likeness (QED) is 0.378. The van der Waals surface area contributed by atoms with E-state index in [1.54, 1.807) is 6.07 Å². The molecule has 0 aliphatic rings. The Morgan fingerprint density at radius 2 is 1.66 bits per heavy atom. The highest BCUT2D eigenvalue weighted by molar-refractivity contribution is 7.97. The molecule has 0 aliphatic carbocycles. The van der Waals surface area contributed by atoms with E-state index in [0.29, 0.717) is 39.3 Å². The third-order valence-electron chi connectivity index (χ3n) is 4.23. The lowest BCUT2D eigenvalue weighted by Crippen LogP contribution is -2.01. The number of aliphatic carboxylic acids is 1. The van der Waals surface area contributed by atoms with Crippen LogP contribution in [0.2, 0.25) is 0 Å². The fourth-order valence-corrected chi connectivity index (χ4v) is 4.36. The molecule has 32 heavy (non-hydrogen) atoms. The van der Waals surface area contributed by atoms with Gasteiger partial charge in [0.2, 0.25) is 0 Å². The summed E-state index contributed by atoms with van der Waals surface area (Å²) in [5.41, 5.74) is 3.04. The third-order valence-corrected chi connectivity index (χ3v) is 6.41. The van der Waals surface area contributed by atoms with E-state index in [2.05, 4.69) is 12.1 Å². The van der Waals surface area contributed by atoms with Gasteiger partial charge in [-0.1, -0.05) is 24.3 Å². The summed E-state index contributed by atoms with van der Waals surface area (Å²) in [4.78, 5) is 12.0. The van der Waals surface area contributed by atoms with Crippen LogP contribution < -0.4 is 0 Å². The molecule has 0 spiro atoms. The van der Waals surface area contributed by atoms with Crippen molar-refractivity contribution in [2.45, 2.75) is 69.0 Å². The van der Waals surface area contributed by atoms with Crippen LogP contribution in [-0.4, -0.2) is 23.3 Å². The molecule has 0 fully saturated rings. The third kappa shape index (κ3) is 7.29. The van der Waals surface area contributed by atoms with E-state index in [-0.39, 0.29) is 18.6 Å². The summed E-state index contributed by atoms with van der Waals surface area (Å²) in [5.74, 6) is -0.813. The monoisotopic (exact) mass is 470 g/mol. The smallest absolute Gasteiger partial charge is 0.303 e. The summed E-state index contributed by atoms with van der Waals surface area (Å²) in [6.45, 7) is 7.63. The van der Waals surface area contributed by atoms with Crippen LogP contribution >= 0.6 is 24.1 Å². The van der Waals surface area contributed by atoms with Crippen molar-refractivity contribution in [3.05, 3.63) is 47.0 Å². The van der Waals surface area contributed by atoms with Crippen LogP contribution in [0.1, 0.15) is 57.2 Å².